The number of benzene rings is 2. The monoisotopic (exact) mass is 381 g/mol. The molecular weight excluding hydrogens is 364 g/mol. The lowest BCUT2D eigenvalue weighted by Gasteiger charge is -2.19. The summed E-state index contributed by atoms with van der Waals surface area (Å²) in [5, 5.41) is 11.5. The first-order valence-electron chi connectivity index (χ1n) is 8.15. The minimum Gasteiger partial charge on any atom is -0.390 e. The molecule has 2 aromatic carbocycles. The number of aliphatic hydroxyl groups excluding tert-OH is 1. The summed E-state index contributed by atoms with van der Waals surface area (Å²) >= 11 is 0. The lowest BCUT2D eigenvalue weighted by molar-refractivity contribution is 0.133. The van der Waals surface area contributed by atoms with Gasteiger partial charge in [0.15, 0.2) is 0 Å². The van der Waals surface area contributed by atoms with Gasteiger partial charge in [-0.1, -0.05) is 0 Å². The van der Waals surface area contributed by atoms with Crippen molar-refractivity contribution < 1.29 is 22.3 Å². The van der Waals surface area contributed by atoms with Crippen LogP contribution in [-0.2, 0) is 16.8 Å². The highest BCUT2D eigenvalue weighted by molar-refractivity contribution is 7.87. The third-order valence-electron chi connectivity index (χ3n) is 4.58. The first kappa shape index (κ1) is 17.3. The van der Waals surface area contributed by atoms with Crippen LogP contribution in [0.5, 0.6) is 0 Å². The van der Waals surface area contributed by atoms with Crippen molar-refractivity contribution in [1.82, 2.24) is 13.6 Å². The number of halogens is 2. The molecule has 6 nitrogen and oxygen atoms in total. The predicted octanol–water partition coefficient (Wildman–Crippen LogP) is 1.58. The average Bonchev–Trinajstić information content (AvgIpc) is 3.05. The van der Waals surface area contributed by atoms with Gasteiger partial charge in [-0.25, -0.2) is 13.5 Å². The average molecular weight is 381 g/mol. The predicted molar refractivity (Wildman–Crippen MR) is 93.9 cm³/mol. The highest BCUT2D eigenvalue weighted by Gasteiger charge is 2.29. The maximum absolute atomic E-state index is 13.7. The Morgan fingerprint density at radius 1 is 1.04 bits per heavy atom. The van der Waals surface area contributed by atoms with E-state index in [0.717, 1.165) is 0 Å². The van der Waals surface area contributed by atoms with E-state index < -0.39 is 27.9 Å². The maximum atomic E-state index is 13.7. The van der Waals surface area contributed by atoms with Crippen molar-refractivity contribution in [3.63, 3.8) is 0 Å². The first-order chi connectivity index (χ1) is 12.3. The van der Waals surface area contributed by atoms with Crippen molar-refractivity contribution in [2.45, 2.75) is 12.6 Å². The molecule has 0 radical (unpaired) electrons. The number of fused-ring (bicyclic) bond motifs is 3. The summed E-state index contributed by atoms with van der Waals surface area (Å²) in [5.41, 5.74) is 1.29. The molecule has 2 N–H and O–H groups in total. The number of rotatable bonds is 4. The molecule has 1 unspecified atom stereocenters. The van der Waals surface area contributed by atoms with E-state index >= 15 is 0 Å². The topological polar surface area (TPSA) is 74.6 Å². The van der Waals surface area contributed by atoms with Crippen LogP contribution >= 0.6 is 0 Å². The molecule has 1 fully saturated rings. The van der Waals surface area contributed by atoms with Crippen molar-refractivity contribution >= 4 is 32.0 Å². The SMILES string of the molecule is O=S1(=O)NCCN1CC(O)Cn1c2ccc(F)cc2c2cc(F)ccc21. The molecule has 1 aliphatic heterocycles. The van der Waals surface area contributed by atoms with E-state index in [0.29, 0.717) is 34.9 Å². The van der Waals surface area contributed by atoms with Crippen LogP contribution in [0.4, 0.5) is 8.78 Å². The van der Waals surface area contributed by atoms with E-state index in [1.165, 1.54) is 28.6 Å². The number of nitrogens with zero attached hydrogens (tertiary/aromatic N) is 2. The number of β-amino-alcohol motifs (C(OH)–C–C–N with tert-alkyl or cyclic N) is 1. The fourth-order valence-electron chi connectivity index (χ4n) is 3.45. The van der Waals surface area contributed by atoms with Gasteiger partial charge in [0.05, 0.1) is 12.6 Å². The van der Waals surface area contributed by atoms with Gasteiger partial charge in [0.2, 0.25) is 0 Å². The lowest BCUT2D eigenvalue weighted by Crippen LogP contribution is -2.37. The molecule has 1 aromatic heterocycles. The van der Waals surface area contributed by atoms with Crippen molar-refractivity contribution in [2.24, 2.45) is 0 Å². The van der Waals surface area contributed by atoms with Crippen LogP contribution in [0, 0.1) is 11.6 Å². The molecule has 3 aromatic rings. The minimum atomic E-state index is -3.54. The number of aromatic nitrogens is 1. The second-order valence-electron chi connectivity index (χ2n) is 6.34. The smallest absolute Gasteiger partial charge is 0.279 e. The van der Waals surface area contributed by atoms with E-state index in [-0.39, 0.29) is 13.1 Å². The van der Waals surface area contributed by atoms with Crippen LogP contribution in [0.2, 0.25) is 0 Å². The van der Waals surface area contributed by atoms with E-state index in [4.69, 9.17) is 0 Å². The summed E-state index contributed by atoms with van der Waals surface area (Å²) in [6.45, 7) is 0.647. The molecule has 1 saturated heterocycles. The van der Waals surface area contributed by atoms with Crippen LogP contribution < -0.4 is 4.72 Å². The standard InChI is InChI=1S/C17H17F2N3O3S/c18-11-1-3-16-14(7-11)15-8-12(19)2-4-17(15)22(16)10-13(23)9-21-6-5-20-26(21,24)25/h1-4,7-8,13,20,23H,5-6,9-10H2. The quantitative estimate of drug-likeness (QED) is 0.721. The Morgan fingerprint density at radius 2 is 1.62 bits per heavy atom. The second-order valence-corrected chi connectivity index (χ2v) is 8.10. The number of hydrogen-bond donors (Lipinski definition) is 2. The Kier molecular flexibility index (Phi) is 4.19. The summed E-state index contributed by atoms with van der Waals surface area (Å²) in [6, 6.07) is 8.40. The van der Waals surface area contributed by atoms with Gasteiger partial charge in [0, 0.05) is 41.4 Å². The van der Waals surface area contributed by atoms with Crippen LogP contribution in [0.15, 0.2) is 36.4 Å². The first-order valence-corrected chi connectivity index (χ1v) is 9.59. The van der Waals surface area contributed by atoms with Gasteiger partial charge >= 0.3 is 0 Å². The molecule has 1 atom stereocenters. The lowest BCUT2D eigenvalue weighted by atomic mass is 10.1. The third-order valence-corrected chi connectivity index (χ3v) is 6.16. The van der Waals surface area contributed by atoms with Gasteiger partial charge in [0.1, 0.15) is 11.6 Å². The maximum Gasteiger partial charge on any atom is 0.279 e. The Morgan fingerprint density at radius 3 is 2.12 bits per heavy atom. The molecule has 4 rings (SSSR count). The van der Waals surface area contributed by atoms with Crippen LogP contribution in [-0.4, -0.2) is 48.1 Å². The molecule has 0 bridgehead atoms. The summed E-state index contributed by atoms with van der Waals surface area (Å²) in [5.74, 6) is -0.869. The minimum absolute atomic E-state index is 0.0567. The van der Waals surface area contributed by atoms with E-state index in [1.54, 1.807) is 16.7 Å². The summed E-state index contributed by atoms with van der Waals surface area (Å²) < 4.78 is 56.3. The van der Waals surface area contributed by atoms with Gasteiger partial charge in [-0.3, -0.25) is 0 Å². The van der Waals surface area contributed by atoms with E-state index in [9.17, 15) is 22.3 Å². The molecule has 9 heteroatoms. The summed E-state index contributed by atoms with van der Waals surface area (Å²) in [4.78, 5) is 0. The molecule has 1 aliphatic rings. The highest BCUT2D eigenvalue weighted by Crippen LogP contribution is 2.30. The number of nitrogens with one attached hydrogen (secondary N) is 1. The van der Waals surface area contributed by atoms with Crippen molar-refractivity contribution in [2.75, 3.05) is 19.6 Å². The molecule has 0 aliphatic carbocycles. The zero-order chi connectivity index (χ0) is 18.5. The number of aliphatic hydroxyl groups is 1. The summed E-state index contributed by atoms with van der Waals surface area (Å²) in [6.07, 6.45) is -0.974. The van der Waals surface area contributed by atoms with Crippen molar-refractivity contribution in [3.05, 3.63) is 48.0 Å². The Labute approximate surface area is 148 Å². The summed E-state index contributed by atoms with van der Waals surface area (Å²) in [7, 11) is -3.54. The van der Waals surface area contributed by atoms with Crippen LogP contribution in [0.1, 0.15) is 0 Å². The van der Waals surface area contributed by atoms with Crippen molar-refractivity contribution in [1.29, 1.82) is 0 Å². The van der Waals surface area contributed by atoms with E-state index in [1.807, 2.05) is 0 Å². The molecule has 0 saturated carbocycles. The molecule has 26 heavy (non-hydrogen) atoms. The molecule has 138 valence electrons. The molecular formula is C17H17F2N3O3S. The Bertz CT molecular complexity index is 1040. The van der Waals surface area contributed by atoms with Gasteiger partial charge in [-0.15, -0.1) is 0 Å². The fraction of sp³-hybridized carbons (Fsp3) is 0.294. The highest BCUT2D eigenvalue weighted by atomic mass is 32.2. The number of hydrogen-bond acceptors (Lipinski definition) is 3. The van der Waals surface area contributed by atoms with Gasteiger partial charge < -0.3 is 9.67 Å². The van der Waals surface area contributed by atoms with Gasteiger partial charge in [0.25, 0.3) is 10.2 Å². The largest absolute Gasteiger partial charge is 0.390 e. The zero-order valence-corrected chi connectivity index (χ0v) is 14.5. The Balaban J connectivity index is 1.73. The molecule has 2 heterocycles. The van der Waals surface area contributed by atoms with Crippen LogP contribution in [0.25, 0.3) is 21.8 Å². The molecule has 0 spiro atoms. The van der Waals surface area contributed by atoms with Crippen molar-refractivity contribution in [3.8, 4) is 0 Å². The third kappa shape index (κ3) is 2.96. The second kappa shape index (κ2) is 6.27. The molecule has 0 amide bonds. The van der Waals surface area contributed by atoms with Crippen LogP contribution in [0.3, 0.4) is 0 Å². The van der Waals surface area contributed by atoms with E-state index in [2.05, 4.69) is 4.72 Å². The normalized spacial score (nSPS) is 18.7. The fourth-order valence-corrected chi connectivity index (χ4v) is 4.68. The zero-order valence-electron chi connectivity index (χ0n) is 13.7. The van der Waals surface area contributed by atoms with Gasteiger partial charge in [-0.05, 0) is 36.4 Å². The van der Waals surface area contributed by atoms with Gasteiger partial charge in [-0.2, -0.15) is 12.7 Å². The Hall–Kier alpha value is -2.07.